The number of furan rings is 1. The van der Waals surface area contributed by atoms with Crippen molar-refractivity contribution < 1.29 is 18.0 Å². The number of nitrogens with zero attached hydrogens (tertiary/aromatic N) is 1. The summed E-state index contributed by atoms with van der Waals surface area (Å²) in [6.07, 6.45) is 0. The summed E-state index contributed by atoms with van der Waals surface area (Å²) >= 11 is 16.2. The molecule has 1 atom stereocenters. The van der Waals surface area contributed by atoms with Crippen LogP contribution in [-0.4, -0.2) is 19.5 Å². The fourth-order valence-electron chi connectivity index (χ4n) is 3.45. The second-order valence-electron chi connectivity index (χ2n) is 8.60. The molecule has 2 N–H and O–H groups in total. The third-order valence-corrected chi connectivity index (χ3v) is 6.28. The Morgan fingerprint density at radius 3 is 2.24 bits per heavy atom. The number of nitrogens with one attached hydrogen (secondary N) is 1. The van der Waals surface area contributed by atoms with Gasteiger partial charge in [0.15, 0.2) is 5.76 Å². The van der Waals surface area contributed by atoms with Crippen LogP contribution in [0.4, 0.5) is 5.69 Å². The van der Waals surface area contributed by atoms with Crippen molar-refractivity contribution in [2.45, 2.75) is 20.8 Å². The number of pyridine rings is 1. The van der Waals surface area contributed by atoms with Gasteiger partial charge in [-0.05, 0) is 42.0 Å². The first-order valence-corrected chi connectivity index (χ1v) is 12.3. The van der Waals surface area contributed by atoms with E-state index in [1.54, 1.807) is 57.2 Å². The normalized spacial score (nSPS) is 12.7. The SMILES string of the molecule is CC(C)(C)C(=O)c1oc2nc(-c3ccc(Cl)cc3Cl)c(-c3ccc(Cl)cc3)cc2c1NS(=O)O. The number of ketones is 1. The van der Waals surface area contributed by atoms with Crippen molar-refractivity contribution in [3.8, 4) is 22.4 Å². The quantitative estimate of drug-likeness (QED) is 0.199. The fourth-order valence-corrected chi connectivity index (χ4v) is 4.45. The Kier molecular flexibility index (Phi) is 6.77. The summed E-state index contributed by atoms with van der Waals surface area (Å²) in [6.45, 7) is 5.19. The van der Waals surface area contributed by atoms with Gasteiger partial charge in [0.05, 0.1) is 16.1 Å². The number of halogens is 3. The first-order chi connectivity index (χ1) is 16.0. The van der Waals surface area contributed by atoms with E-state index in [0.29, 0.717) is 37.3 Å². The van der Waals surface area contributed by atoms with E-state index in [1.165, 1.54) is 0 Å². The van der Waals surface area contributed by atoms with E-state index >= 15 is 0 Å². The van der Waals surface area contributed by atoms with Crippen LogP contribution < -0.4 is 4.72 Å². The maximum absolute atomic E-state index is 13.1. The Hall–Kier alpha value is -2.42. The number of rotatable bonds is 5. The third kappa shape index (κ3) is 4.85. The number of carbonyl (C=O) groups is 1. The minimum absolute atomic E-state index is 0.0844. The van der Waals surface area contributed by atoms with Crippen LogP contribution in [0.2, 0.25) is 15.1 Å². The summed E-state index contributed by atoms with van der Waals surface area (Å²) in [5.74, 6) is -0.434. The summed E-state index contributed by atoms with van der Waals surface area (Å²) in [5.41, 5.74) is 1.89. The lowest BCUT2D eigenvalue weighted by atomic mass is 9.89. The predicted octanol–water partition coefficient (Wildman–Crippen LogP) is 7.90. The highest BCUT2D eigenvalue weighted by atomic mass is 35.5. The van der Waals surface area contributed by atoms with Crippen molar-refractivity contribution >= 4 is 68.6 Å². The Balaban J connectivity index is 2.08. The Bertz CT molecular complexity index is 1440. The number of aromatic nitrogens is 1. The van der Waals surface area contributed by atoms with Gasteiger partial charge in [-0.15, -0.1) is 0 Å². The van der Waals surface area contributed by atoms with Gasteiger partial charge in [-0.1, -0.05) is 67.7 Å². The Labute approximate surface area is 213 Å². The molecule has 4 rings (SSSR count). The lowest BCUT2D eigenvalue weighted by molar-refractivity contribution is 0.0832. The number of anilines is 1. The van der Waals surface area contributed by atoms with E-state index in [9.17, 15) is 13.6 Å². The maximum Gasteiger partial charge on any atom is 0.259 e. The summed E-state index contributed by atoms with van der Waals surface area (Å²) in [5, 5.41) is 1.77. The van der Waals surface area contributed by atoms with Crippen LogP contribution in [0.3, 0.4) is 0 Å². The van der Waals surface area contributed by atoms with E-state index in [1.807, 2.05) is 12.1 Å². The molecule has 2 aromatic heterocycles. The smallest absolute Gasteiger partial charge is 0.259 e. The van der Waals surface area contributed by atoms with Crippen molar-refractivity contribution in [3.05, 3.63) is 69.4 Å². The standard InChI is InChI=1S/C24H19Cl3N2O4S/c1-24(2,3)22(30)21-20(29-34(31)32)17-11-16(12-4-6-13(25)7-5-12)19(28-23(17)33-21)15-9-8-14(26)10-18(15)27/h4-11,29H,1-3H3,(H,31,32). The molecule has 0 radical (unpaired) electrons. The zero-order valence-corrected chi connectivity index (χ0v) is 21.4. The van der Waals surface area contributed by atoms with Gasteiger partial charge < -0.3 is 4.42 Å². The van der Waals surface area contributed by atoms with Gasteiger partial charge in [0.1, 0.15) is 5.69 Å². The third-order valence-electron chi connectivity index (χ3n) is 5.10. The van der Waals surface area contributed by atoms with Crippen molar-refractivity contribution in [1.29, 1.82) is 0 Å². The number of Topliss-reactive ketones (excluding diaryl/α,β-unsaturated/α-hetero) is 1. The molecule has 2 heterocycles. The zero-order chi connectivity index (χ0) is 24.8. The van der Waals surface area contributed by atoms with E-state index in [0.717, 1.165) is 5.56 Å². The molecule has 0 fully saturated rings. The largest absolute Gasteiger partial charge is 0.432 e. The highest BCUT2D eigenvalue weighted by molar-refractivity contribution is 7.80. The van der Waals surface area contributed by atoms with Crippen molar-refractivity contribution in [2.24, 2.45) is 5.41 Å². The van der Waals surface area contributed by atoms with E-state index in [4.69, 9.17) is 39.2 Å². The van der Waals surface area contributed by atoms with Crippen molar-refractivity contribution in [1.82, 2.24) is 4.98 Å². The molecule has 0 bridgehead atoms. The zero-order valence-electron chi connectivity index (χ0n) is 18.3. The van der Waals surface area contributed by atoms with Gasteiger partial charge in [0.25, 0.3) is 11.3 Å². The second kappa shape index (κ2) is 9.32. The van der Waals surface area contributed by atoms with Gasteiger partial charge in [-0.25, -0.2) is 9.19 Å². The molecule has 6 nitrogen and oxygen atoms in total. The average Bonchev–Trinajstić information content (AvgIpc) is 3.09. The van der Waals surface area contributed by atoms with Crippen LogP contribution in [0.25, 0.3) is 33.5 Å². The molecule has 0 aliphatic heterocycles. The van der Waals surface area contributed by atoms with Crippen LogP contribution in [-0.2, 0) is 11.3 Å². The minimum Gasteiger partial charge on any atom is -0.432 e. The van der Waals surface area contributed by atoms with Crippen LogP contribution in [0.15, 0.2) is 52.9 Å². The molecule has 1 unspecified atom stereocenters. The number of hydrogen-bond acceptors (Lipinski definition) is 4. The molecule has 0 spiro atoms. The van der Waals surface area contributed by atoms with Gasteiger partial charge in [-0.3, -0.25) is 14.1 Å². The summed E-state index contributed by atoms with van der Waals surface area (Å²) < 4.78 is 29.5. The molecule has 4 aromatic rings. The maximum atomic E-state index is 13.1. The summed E-state index contributed by atoms with van der Waals surface area (Å²) in [6, 6.07) is 13.9. The number of hydrogen-bond donors (Lipinski definition) is 2. The van der Waals surface area contributed by atoms with Gasteiger partial charge in [0.2, 0.25) is 11.5 Å². The number of carbonyl (C=O) groups excluding carboxylic acids is 1. The van der Waals surface area contributed by atoms with Crippen LogP contribution in [0, 0.1) is 5.41 Å². The van der Waals surface area contributed by atoms with E-state index in [2.05, 4.69) is 9.71 Å². The molecular weight excluding hydrogens is 519 g/mol. The van der Waals surface area contributed by atoms with Gasteiger partial charge in [0, 0.05) is 26.6 Å². The van der Waals surface area contributed by atoms with Crippen molar-refractivity contribution in [3.63, 3.8) is 0 Å². The van der Waals surface area contributed by atoms with Crippen LogP contribution >= 0.6 is 34.8 Å². The van der Waals surface area contributed by atoms with Crippen LogP contribution in [0.5, 0.6) is 0 Å². The van der Waals surface area contributed by atoms with Crippen LogP contribution in [0.1, 0.15) is 31.3 Å². The Morgan fingerprint density at radius 1 is 1.00 bits per heavy atom. The topological polar surface area (TPSA) is 92.4 Å². The molecule has 10 heteroatoms. The monoisotopic (exact) mass is 536 g/mol. The molecule has 176 valence electrons. The molecule has 0 amide bonds. The summed E-state index contributed by atoms with van der Waals surface area (Å²) in [7, 11) is 0. The van der Waals surface area contributed by atoms with Gasteiger partial charge in [-0.2, -0.15) is 0 Å². The molecule has 0 saturated carbocycles. The van der Waals surface area contributed by atoms with Gasteiger partial charge >= 0.3 is 0 Å². The summed E-state index contributed by atoms with van der Waals surface area (Å²) in [4.78, 5) is 17.8. The molecule has 2 aromatic carbocycles. The fraction of sp³-hybridized carbons (Fsp3) is 0.167. The highest BCUT2D eigenvalue weighted by Gasteiger charge is 2.32. The molecule has 0 aliphatic carbocycles. The van der Waals surface area contributed by atoms with Crippen molar-refractivity contribution in [2.75, 3.05) is 4.72 Å². The predicted molar refractivity (Wildman–Crippen MR) is 138 cm³/mol. The molecule has 0 aliphatic rings. The molecule has 0 saturated heterocycles. The lowest BCUT2D eigenvalue weighted by Crippen LogP contribution is -2.21. The number of fused-ring (bicyclic) bond motifs is 1. The van der Waals surface area contributed by atoms with E-state index < -0.39 is 16.7 Å². The highest BCUT2D eigenvalue weighted by Crippen LogP contribution is 2.42. The second-order valence-corrected chi connectivity index (χ2v) is 10.6. The first kappa shape index (κ1) is 24.7. The Morgan fingerprint density at radius 2 is 1.65 bits per heavy atom. The first-order valence-electron chi connectivity index (χ1n) is 10.1. The minimum atomic E-state index is -2.45. The molecular formula is C24H19Cl3N2O4S. The lowest BCUT2D eigenvalue weighted by Gasteiger charge is -2.15. The average molecular weight is 538 g/mol. The molecule has 34 heavy (non-hydrogen) atoms. The van der Waals surface area contributed by atoms with E-state index in [-0.39, 0.29) is 22.9 Å². The number of benzene rings is 2.